The van der Waals surface area contributed by atoms with Crippen LogP contribution in [-0.2, 0) is 6.42 Å². The molecule has 0 N–H and O–H groups in total. The van der Waals surface area contributed by atoms with Crippen LogP contribution < -0.4 is 0 Å². The Balaban J connectivity index is 1.19. The fraction of sp³-hybridized carbons (Fsp3) is 0.0600. The van der Waals surface area contributed by atoms with Gasteiger partial charge in [0.15, 0.2) is 17.5 Å². The molecular formula is C50H33N3O. The molecule has 1 aliphatic carbocycles. The van der Waals surface area contributed by atoms with E-state index in [2.05, 4.69) is 140 Å². The Morgan fingerprint density at radius 1 is 0.407 bits per heavy atom. The molecule has 8 aromatic carbocycles. The zero-order valence-electron chi connectivity index (χ0n) is 29.4. The fourth-order valence-corrected chi connectivity index (χ4v) is 8.59. The number of para-hydroxylation sites is 1. The average molecular weight is 692 g/mol. The van der Waals surface area contributed by atoms with Gasteiger partial charge in [-0.05, 0) is 86.5 Å². The normalized spacial score (nSPS) is 14.0. The molecule has 0 fully saturated rings. The highest BCUT2D eigenvalue weighted by Gasteiger charge is 2.29. The van der Waals surface area contributed by atoms with Crippen LogP contribution in [0.5, 0.6) is 0 Å². The van der Waals surface area contributed by atoms with Crippen LogP contribution in [0.4, 0.5) is 0 Å². The van der Waals surface area contributed by atoms with Gasteiger partial charge in [-0.2, -0.15) is 0 Å². The summed E-state index contributed by atoms with van der Waals surface area (Å²) in [7, 11) is 0. The maximum atomic E-state index is 6.56. The second-order valence-corrected chi connectivity index (χ2v) is 14.3. The Hall–Kier alpha value is -6.91. The molecule has 1 aliphatic rings. The van der Waals surface area contributed by atoms with E-state index in [-0.39, 0.29) is 5.92 Å². The van der Waals surface area contributed by atoms with Crippen molar-refractivity contribution in [1.29, 1.82) is 0 Å². The van der Waals surface area contributed by atoms with Gasteiger partial charge in [0.2, 0.25) is 0 Å². The van der Waals surface area contributed by atoms with Gasteiger partial charge < -0.3 is 4.42 Å². The van der Waals surface area contributed by atoms with Crippen molar-refractivity contribution >= 4 is 43.5 Å². The van der Waals surface area contributed by atoms with Crippen LogP contribution in [0.15, 0.2) is 174 Å². The molecule has 0 spiro atoms. The van der Waals surface area contributed by atoms with Crippen molar-refractivity contribution in [2.45, 2.75) is 18.8 Å². The first-order valence-electron chi connectivity index (χ1n) is 18.6. The van der Waals surface area contributed by atoms with Gasteiger partial charge >= 0.3 is 0 Å². The first-order valence-corrected chi connectivity index (χ1v) is 18.6. The second kappa shape index (κ2) is 12.4. The number of furan rings is 1. The number of benzene rings is 8. The predicted octanol–water partition coefficient (Wildman–Crippen LogP) is 12.8. The van der Waals surface area contributed by atoms with Gasteiger partial charge in [-0.25, -0.2) is 15.0 Å². The number of nitrogens with zero attached hydrogens (tertiary/aromatic N) is 3. The van der Waals surface area contributed by atoms with Gasteiger partial charge in [0.05, 0.1) is 0 Å². The molecule has 4 heteroatoms. The van der Waals surface area contributed by atoms with E-state index in [1.165, 1.54) is 38.6 Å². The van der Waals surface area contributed by atoms with E-state index >= 15 is 0 Å². The van der Waals surface area contributed by atoms with Crippen LogP contribution >= 0.6 is 0 Å². The van der Waals surface area contributed by atoms with E-state index in [4.69, 9.17) is 19.4 Å². The van der Waals surface area contributed by atoms with E-state index in [1.807, 2.05) is 30.3 Å². The number of hydrogen-bond donors (Lipinski definition) is 0. The molecule has 0 saturated heterocycles. The lowest BCUT2D eigenvalue weighted by Gasteiger charge is -2.22. The predicted molar refractivity (Wildman–Crippen MR) is 220 cm³/mol. The molecular weight excluding hydrogens is 659 g/mol. The SMILES string of the molecule is c1ccc(-c2nc(-c3cc4oc5ccccc5c4cc3C3CCc4cc5ccccc5cc4-c4ccccc43)nc(-c3cccc4ccccc34)n2)cc1. The Kier molecular flexibility index (Phi) is 7.02. The van der Waals surface area contributed by atoms with Crippen molar-refractivity contribution in [2.75, 3.05) is 0 Å². The quantitative estimate of drug-likeness (QED) is 0.184. The average Bonchev–Trinajstić information content (AvgIpc) is 3.52. The highest BCUT2D eigenvalue weighted by molar-refractivity contribution is 6.06. The van der Waals surface area contributed by atoms with Crippen LogP contribution in [0.25, 0.3) is 88.8 Å². The van der Waals surface area contributed by atoms with Gasteiger partial charge in [-0.15, -0.1) is 0 Å². The van der Waals surface area contributed by atoms with Crippen molar-refractivity contribution in [3.63, 3.8) is 0 Å². The minimum atomic E-state index is 0.0720. The molecule has 54 heavy (non-hydrogen) atoms. The Bertz CT molecular complexity index is 3070. The lowest BCUT2D eigenvalue weighted by Crippen LogP contribution is -2.07. The topological polar surface area (TPSA) is 51.8 Å². The standard InChI is InChI=1S/C50H33N3O/c1-2-14-32(15-3-1)48-51-49(41-23-12-18-31-13-6-7-19-36(31)41)53-50(52-48)45-30-47-44(40-22-10-11-24-46(40)54-47)29-43(45)39-26-25-35-27-33-16-4-5-17-34(33)28-42(35)38-21-9-8-20-37(38)39/h1-24,27-30,39H,25-26H2. The maximum absolute atomic E-state index is 6.56. The van der Waals surface area contributed by atoms with Crippen LogP contribution in [-0.4, -0.2) is 15.0 Å². The molecule has 0 aliphatic heterocycles. The zero-order chi connectivity index (χ0) is 35.6. The molecule has 1 unspecified atom stereocenters. The van der Waals surface area contributed by atoms with Crippen molar-refractivity contribution in [3.8, 4) is 45.3 Å². The van der Waals surface area contributed by atoms with Crippen molar-refractivity contribution in [3.05, 3.63) is 187 Å². The maximum Gasteiger partial charge on any atom is 0.164 e. The number of aryl methyl sites for hydroxylation is 1. The Morgan fingerprint density at radius 3 is 1.93 bits per heavy atom. The third kappa shape index (κ3) is 5.02. The Labute approximate surface area is 312 Å². The van der Waals surface area contributed by atoms with Crippen molar-refractivity contribution in [2.24, 2.45) is 0 Å². The molecule has 0 bridgehead atoms. The third-order valence-electron chi connectivity index (χ3n) is 11.2. The van der Waals surface area contributed by atoms with Crippen LogP contribution in [0, 0.1) is 0 Å². The molecule has 11 rings (SSSR count). The molecule has 4 nitrogen and oxygen atoms in total. The zero-order valence-corrected chi connectivity index (χ0v) is 29.4. The summed E-state index contributed by atoms with van der Waals surface area (Å²) in [5.74, 6) is 1.99. The molecule has 0 saturated carbocycles. The molecule has 2 heterocycles. The summed E-state index contributed by atoms with van der Waals surface area (Å²) in [6, 6.07) is 60.3. The lowest BCUT2D eigenvalue weighted by atomic mass is 9.82. The fourth-order valence-electron chi connectivity index (χ4n) is 8.59. The summed E-state index contributed by atoms with van der Waals surface area (Å²) < 4.78 is 6.56. The summed E-state index contributed by atoms with van der Waals surface area (Å²) in [5.41, 5.74) is 11.0. The van der Waals surface area contributed by atoms with Gasteiger partial charge in [-0.1, -0.05) is 146 Å². The van der Waals surface area contributed by atoms with Crippen LogP contribution in [0.1, 0.15) is 29.0 Å². The summed E-state index contributed by atoms with van der Waals surface area (Å²) in [6.45, 7) is 0. The highest BCUT2D eigenvalue weighted by atomic mass is 16.3. The van der Waals surface area contributed by atoms with Crippen LogP contribution in [0.3, 0.4) is 0 Å². The summed E-state index contributed by atoms with van der Waals surface area (Å²) in [5, 5.41) is 6.99. The number of aromatic nitrogens is 3. The summed E-state index contributed by atoms with van der Waals surface area (Å²) in [4.78, 5) is 15.8. The number of fused-ring (bicyclic) bond motifs is 8. The molecule has 2 aromatic heterocycles. The highest BCUT2D eigenvalue weighted by Crippen LogP contribution is 2.47. The monoisotopic (exact) mass is 691 g/mol. The van der Waals surface area contributed by atoms with E-state index in [0.29, 0.717) is 17.5 Å². The van der Waals surface area contributed by atoms with E-state index < -0.39 is 0 Å². The minimum absolute atomic E-state index is 0.0720. The first-order chi connectivity index (χ1) is 26.7. The lowest BCUT2D eigenvalue weighted by molar-refractivity contribution is 0.668. The molecule has 0 amide bonds. The first kappa shape index (κ1) is 30.7. The largest absolute Gasteiger partial charge is 0.456 e. The van der Waals surface area contributed by atoms with Gasteiger partial charge in [-0.3, -0.25) is 0 Å². The smallest absolute Gasteiger partial charge is 0.164 e. The minimum Gasteiger partial charge on any atom is -0.456 e. The third-order valence-corrected chi connectivity index (χ3v) is 11.2. The van der Waals surface area contributed by atoms with E-state index in [1.54, 1.807) is 0 Å². The summed E-state index contributed by atoms with van der Waals surface area (Å²) in [6.07, 6.45) is 1.88. The molecule has 254 valence electrons. The number of hydrogen-bond acceptors (Lipinski definition) is 4. The number of rotatable bonds is 4. The van der Waals surface area contributed by atoms with Gasteiger partial charge in [0, 0.05) is 33.4 Å². The van der Waals surface area contributed by atoms with E-state index in [0.717, 1.165) is 62.2 Å². The van der Waals surface area contributed by atoms with Crippen molar-refractivity contribution in [1.82, 2.24) is 15.0 Å². The molecule has 1 atom stereocenters. The van der Waals surface area contributed by atoms with Crippen molar-refractivity contribution < 1.29 is 4.42 Å². The van der Waals surface area contributed by atoms with Gasteiger partial charge in [0.1, 0.15) is 11.2 Å². The van der Waals surface area contributed by atoms with Crippen LogP contribution in [0.2, 0.25) is 0 Å². The summed E-state index contributed by atoms with van der Waals surface area (Å²) >= 11 is 0. The molecule has 10 aromatic rings. The van der Waals surface area contributed by atoms with E-state index in [9.17, 15) is 0 Å². The molecule has 0 radical (unpaired) electrons. The van der Waals surface area contributed by atoms with Gasteiger partial charge in [0.25, 0.3) is 0 Å². The second-order valence-electron chi connectivity index (χ2n) is 14.3. The Morgan fingerprint density at radius 2 is 1.06 bits per heavy atom.